The standard InChI is InChI=1S/C21H23N3O4S/c1-16-9-10-18(12-20(16)29(22,26)27)23-21(25)15-24(14-19-8-5-11-28-19)13-17-6-3-2-4-7-17/h2-12H,13-15H2,1H3,(H,23,25)(H2,22,26,27). The number of aryl methyl sites for hydroxylation is 1. The highest BCUT2D eigenvalue weighted by atomic mass is 32.2. The van der Waals surface area contributed by atoms with E-state index in [-0.39, 0.29) is 17.3 Å². The molecule has 1 heterocycles. The fourth-order valence-corrected chi connectivity index (χ4v) is 3.83. The maximum atomic E-state index is 12.6. The molecule has 3 rings (SSSR count). The van der Waals surface area contributed by atoms with Gasteiger partial charge in [0.15, 0.2) is 0 Å². The molecule has 0 radical (unpaired) electrons. The van der Waals surface area contributed by atoms with E-state index in [1.54, 1.807) is 31.4 Å². The predicted molar refractivity (Wildman–Crippen MR) is 110 cm³/mol. The van der Waals surface area contributed by atoms with Crippen molar-refractivity contribution in [2.45, 2.75) is 24.9 Å². The molecule has 7 nitrogen and oxygen atoms in total. The van der Waals surface area contributed by atoms with Crippen molar-refractivity contribution in [2.75, 3.05) is 11.9 Å². The number of carbonyl (C=O) groups is 1. The lowest BCUT2D eigenvalue weighted by atomic mass is 10.2. The van der Waals surface area contributed by atoms with Crippen LogP contribution in [0, 0.1) is 6.92 Å². The summed E-state index contributed by atoms with van der Waals surface area (Å²) in [6.07, 6.45) is 1.59. The van der Waals surface area contributed by atoms with Crippen LogP contribution in [0.4, 0.5) is 5.69 Å². The molecule has 1 aromatic heterocycles. The van der Waals surface area contributed by atoms with Gasteiger partial charge in [0, 0.05) is 12.2 Å². The van der Waals surface area contributed by atoms with Gasteiger partial charge < -0.3 is 9.73 Å². The fraction of sp³-hybridized carbons (Fsp3) is 0.190. The SMILES string of the molecule is Cc1ccc(NC(=O)CN(Cc2ccccc2)Cc2ccco2)cc1S(N)(=O)=O. The Labute approximate surface area is 170 Å². The van der Waals surface area contributed by atoms with Crippen molar-refractivity contribution in [1.82, 2.24) is 4.90 Å². The first-order valence-electron chi connectivity index (χ1n) is 9.03. The highest BCUT2D eigenvalue weighted by molar-refractivity contribution is 7.89. The van der Waals surface area contributed by atoms with Crippen LogP contribution in [0.2, 0.25) is 0 Å². The molecular formula is C21H23N3O4S. The maximum Gasteiger partial charge on any atom is 0.238 e. The van der Waals surface area contributed by atoms with Gasteiger partial charge in [0.25, 0.3) is 0 Å². The largest absolute Gasteiger partial charge is 0.468 e. The second-order valence-electron chi connectivity index (χ2n) is 6.78. The van der Waals surface area contributed by atoms with E-state index in [0.29, 0.717) is 24.3 Å². The minimum Gasteiger partial charge on any atom is -0.468 e. The van der Waals surface area contributed by atoms with Gasteiger partial charge in [0.05, 0.1) is 24.2 Å². The topological polar surface area (TPSA) is 106 Å². The van der Waals surface area contributed by atoms with Gasteiger partial charge in [-0.2, -0.15) is 0 Å². The summed E-state index contributed by atoms with van der Waals surface area (Å²) in [4.78, 5) is 14.6. The number of hydrogen-bond donors (Lipinski definition) is 2. The summed E-state index contributed by atoms with van der Waals surface area (Å²) in [5, 5.41) is 7.99. The molecule has 2 aromatic carbocycles. The zero-order valence-corrected chi connectivity index (χ0v) is 16.9. The Morgan fingerprint density at radius 3 is 2.48 bits per heavy atom. The van der Waals surface area contributed by atoms with E-state index < -0.39 is 10.0 Å². The number of benzene rings is 2. The molecule has 0 aliphatic heterocycles. The minimum atomic E-state index is -3.86. The van der Waals surface area contributed by atoms with Gasteiger partial charge in [-0.25, -0.2) is 13.6 Å². The lowest BCUT2D eigenvalue weighted by molar-refractivity contribution is -0.117. The Morgan fingerprint density at radius 1 is 1.07 bits per heavy atom. The van der Waals surface area contributed by atoms with Crippen molar-refractivity contribution >= 4 is 21.6 Å². The zero-order valence-electron chi connectivity index (χ0n) is 16.0. The molecule has 0 aliphatic rings. The first-order chi connectivity index (χ1) is 13.8. The van der Waals surface area contributed by atoms with Crippen molar-refractivity contribution in [2.24, 2.45) is 5.14 Å². The van der Waals surface area contributed by atoms with E-state index in [4.69, 9.17) is 9.56 Å². The normalized spacial score (nSPS) is 11.6. The number of furan rings is 1. The minimum absolute atomic E-state index is 0.00738. The lowest BCUT2D eigenvalue weighted by Gasteiger charge is -2.21. The zero-order chi connectivity index (χ0) is 20.9. The quantitative estimate of drug-likeness (QED) is 0.591. The van der Waals surface area contributed by atoms with Gasteiger partial charge in [0.2, 0.25) is 15.9 Å². The molecule has 1 amide bonds. The van der Waals surface area contributed by atoms with Crippen LogP contribution in [0.15, 0.2) is 76.2 Å². The second-order valence-corrected chi connectivity index (χ2v) is 8.31. The Balaban J connectivity index is 1.72. The third-order valence-electron chi connectivity index (χ3n) is 4.35. The molecule has 0 bridgehead atoms. The number of hydrogen-bond acceptors (Lipinski definition) is 5. The van der Waals surface area contributed by atoms with Crippen molar-refractivity contribution in [3.05, 3.63) is 83.8 Å². The third kappa shape index (κ3) is 6.02. The second kappa shape index (κ2) is 9.04. The van der Waals surface area contributed by atoms with Gasteiger partial charge in [-0.15, -0.1) is 0 Å². The monoisotopic (exact) mass is 413 g/mol. The Hall–Kier alpha value is -2.94. The summed E-state index contributed by atoms with van der Waals surface area (Å²) in [7, 11) is -3.86. The number of primary sulfonamides is 1. The van der Waals surface area contributed by atoms with Crippen molar-refractivity contribution in [3.63, 3.8) is 0 Å². The molecule has 0 spiro atoms. The predicted octanol–water partition coefficient (Wildman–Crippen LogP) is 2.88. The molecule has 0 fully saturated rings. The summed E-state index contributed by atoms with van der Waals surface area (Å²) in [5.41, 5.74) is 1.97. The molecule has 0 saturated carbocycles. The fourth-order valence-electron chi connectivity index (χ4n) is 3.02. The summed E-state index contributed by atoms with van der Waals surface area (Å²) in [6.45, 7) is 2.78. The Morgan fingerprint density at radius 2 is 1.83 bits per heavy atom. The summed E-state index contributed by atoms with van der Waals surface area (Å²) in [5.74, 6) is 0.484. The van der Waals surface area contributed by atoms with E-state index in [1.165, 1.54) is 6.07 Å². The van der Waals surface area contributed by atoms with Gasteiger partial charge in [0.1, 0.15) is 5.76 Å². The number of anilines is 1. The van der Waals surface area contributed by atoms with E-state index in [0.717, 1.165) is 11.3 Å². The van der Waals surface area contributed by atoms with Crippen LogP contribution >= 0.6 is 0 Å². The average molecular weight is 413 g/mol. The Kier molecular flexibility index (Phi) is 6.48. The van der Waals surface area contributed by atoms with Gasteiger partial charge in [-0.05, 0) is 42.3 Å². The molecule has 0 atom stereocenters. The van der Waals surface area contributed by atoms with Crippen LogP contribution in [-0.4, -0.2) is 25.8 Å². The molecule has 0 unspecified atom stereocenters. The molecule has 8 heteroatoms. The Bertz CT molecular complexity index is 1060. The van der Waals surface area contributed by atoms with E-state index >= 15 is 0 Å². The number of amides is 1. The summed E-state index contributed by atoms with van der Waals surface area (Å²) < 4.78 is 28.8. The molecule has 29 heavy (non-hydrogen) atoms. The molecular weight excluding hydrogens is 390 g/mol. The molecule has 3 N–H and O–H groups in total. The average Bonchev–Trinajstić information content (AvgIpc) is 3.16. The molecule has 0 aliphatic carbocycles. The van der Waals surface area contributed by atoms with Crippen LogP contribution in [0.3, 0.4) is 0 Å². The van der Waals surface area contributed by atoms with Crippen molar-refractivity contribution in [3.8, 4) is 0 Å². The van der Waals surface area contributed by atoms with Gasteiger partial charge >= 0.3 is 0 Å². The first-order valence-corrected chi connectivity index (χ1v) is 10.6. The van der Waals surface area contributed by atoms with E-state index in [1.807, 2.05) is 41.3 Å². The van der Waals surface area contributed by atoms with E-state index in [2.05, 4.69) is 5.32 Å². The van der Waals surface area contributed by atoms with Gasteiger partial charge in [-0.1, -0.05) is 36.4 Å². The highest BCUT2D eigenvalue weighted by Crippen LogP contribution is 2.19. The number of nitrogens with zero attached hydrogens (tertiary/aromatic N) is 1. The summed E-state index contributed by atoms with van der Waals surface area (Å²) in [6, 6.07) is 18.1. The van der Waals surface area contributed by atoms with Crippen LogP contribution in [0.1, 0.15) is 16.9 Å². The number of nitrogens with two attached hydrogens (primary N) is 1. The smallest absolute Gasteiger partial charge is 0.238 e. The molecule has 152 valence electrons. The number of nitrogens with one attached hydrogen (secondary N) is 1. The molecule has 3 aromatic rings. The van der Waals surface area contributed by atoms with Crippen LogP contribution in [-0.2, 0) is 27.9 Å². The van der Waals surface area contributed by atoms with Crippen molar-refractivity contribution < 1.29 is 17.6 Å². The van der Waals surface area contributed by atoms with Gasteiger partial charge in [-0.3, -0.25) is 9.69 Å². The number of sulfonamides is 1. The van der Waals surface area contributed by atoms with Crippen LogP contribution < -0.4 is 10.5 Å². The summed E-state index contributed by atoms with van der Waals surface area (Å²) >= 11 is 0. The lowest BCUT2D eigenvalue weighted by Crippen LogP contribution is -2.32. The van der Waals surface area contributed by atoms with Crippen LogP contribution in [0.25, 0.3) is 0 Å². The number of carbonyl (C=O) groups excluding carboxylic acids is 1. The van der Waals surface area contributed by atoms with Crippen molar-refractivity contribution in [1.29, 1.82) is 0 Å². The van der Waals surface area contributed by atoms with E-state index in [9.17, 15) is 13.2 Å². The molecule has 0 saturated heterocycles. The number of rotatable bonds is 8. The first kappa shape index (κ1) is 20.8. The highest BCUT2D eigenvalue weighted by Gasteiger charge is 2.16. The third-order valence-corrected chi connectivity index (χ3v) is 5.41. The maximum absolute atomic E-state index is 12.6. The van der Waals surface area contributed by atoms with Crippen LogP contribution in [0.5, 0.6) is 0 Å².